The van der Waals surface area contributed by atoms with E-state index < -0.39 is 0 Å². The van der Waals surface area contributed by atoms with Crippen molar-refractivity contribution in [1.29, 1.82) is 0 Å². The molecule has 1 aromatic heterocycles. The van der Waals surface area contributed by atoms with E-state index in [0.29, 0.717) is 12.0 Å². The molecule has 1 unspecified atom stereocenters. The Morgan fingerprint density at radius 2 is 1.83 bits per heavy atom. The smallest absolute Gasteiger partial charge is 0.226 e. The summed E-state index contributed by atoms with van der Waals surface area (Å²) in [5.74, 6) is 2.45. The van der Waals surface area contributed by atoms with Crippen molar-refractivity contribution >= 4 is 17.7 Å². The number of likely N-dealkylation sites (tertiary alicyclic amines) is 2. The zero-order valence-corrected chi connectivity index (χ0v) is 18.7. The van der Waals surface area contributed by atoms with Crippen molar-refractivity contribution in [1.82, 2.24) is 24.6 Å². The number of thioether (sulfide) groups is 1. The van der Waals surface area contributed by atoms with Crippen LogP contribution in [0.1, 0.15) is 63.2 Å². The molecule has 0 aromatic carbocycles. The summed E-state index contributed by atoms with van der Waals surface area (Å²) in [5.41, 5.74) is 0. The molecule has 0 bridgehead atoms. The summed E-state index contributed by atoms with van der Waals surface area (Å²) >= 11 is 1.78. The van der Waals surface area contributed by atoms with Gasteiger partial charge in [0, 0.05) is 38.9 Å². The summed E-state index contributed by atoms with van der Waals surface area (Å²) in [6.45, 7) is 4.43. The van der Waals surface area contributed by atoms with Crippen molar-refractivity contribution in [2.75, 3.05) is 39.0 Å². The fourth-order valence-electron chi connectivity index (χ4n) is 5.09. The SMILES string of the molecule is COC1CCC(C(=O)N2CCCC2c2nnc(SCCN3CCCC3)n2C)CC1. The van der Waals surface area contributed by atoms with Gasteiger partial charge in [0.15, 0.2) is 11.0 Å². The van der Waals surface area contributed by atoms with Gasteiger partial charge in [-0.2, -0.15) is 0 Å². The third-order valence-electron chi connectivity index (χ3n) is 6.90. The lowest BCUT2D eigenvalue weighted by atomic mass is 9.86. The van der Waals surface area contributed by atoms with Crippen LogP contribution in [0.25, 0.3) is 0 Å². The summed E-state index contributed by atoms with van der Waals surface area (Å²) in [7, 11) is 3.83. The van der Waals surface area contributed by atoms with E-state index in [1.165, 1.54) is 25.9 Å². The first-order chi connectivity index (χ1) is 14.2. The normalized spacial score (nSPS) is 28.3. The molecule has 162 valence electrons. The lowest BCUT2D eigenvalue weighted by Crippen LogP contribution is -2.38. The minimum absolute atomic E-state index is 0.0769. The molecule has 1 aromatic rings. The van der Waals surface area contributed by atoms with Crippen molar-refractivity contribution in [3.05, 3.63) is 5.82 Å². The molecule has 3 aliphatic rings. The average Bonchev–Trinajstić information content (AvgIpc) is 3.50. The van der Waals surface area contributed by atoms with Crippen LogP contribution in [0, 0.1) is 5.92 Å². The maximum Gasteiger partial charge on any atom is 0.226 e. The van der Waals surface area contributed by atoms with Crippen LogP contribution in [0.15, 0.2) is 5.16 Å². The zero-order chi connectivity index (χ0) is 20.2. The summed E-state index contributed by atoms with van der Waals surface area (Å²) < 4.78 is 7.58. The number of hydrogen-bond acceptors (Lipinski definition) is 6. The highest BCUT2D eigenvalue weighted by atomic mass is 32.2. The fourth-order valence-corrected chi connectivity index (χ4v) is 6.01. The summed E-state index contributed by atoms with van der Waals surface area (Å²) in [6, 6.07) is 0.0769. The van der Waals surface area contributed by atoms with Gasteiger partial charge in [-0.1, -0.05) is 11.8 Å². The lowest BCUT2D eigenvalue weighted by molar-refractivity contribution is -0.138. The molecule has 29 heavy (non-hydrogen) atoms. The Bertz CT molecular complexity index is 683. The molecule has 2 aliphatic heterocycles. The minimum Gasteiger partial charge on any atom is -0.381 e. The van der Waals surface area contributed by atoms with Crippen LogP contribution in [-0.4, -0.2) is 75.6 Å². The number of nitrogens with zero attached hydrogens (tertiary/aromatic N) is 5. The molecule has 1 aliphatic carbocycles. The second kappa shape index (κ2) is 9.79. The molecule has 3 heterocycles. The molecular formula is C21H35N5O2S. The Balaban J connectivity index is 1.35. The third-order valence-corrected chi connectivity index (χ3v) is 7.90. The average molecular weight is 422 g/mol. The van der Waals surface area contributed by atoms with Crippen molar-refractivity contribution < 1.29 is 9.53 Å². The first-order valence-corrected chi connectivity index (χ1v) is 12.2. The van der Waals surface area contributed by atoms with E-state index in [0.717, 1.165) is 68.3 Å². The van der Waals surface area contributed by atoms with Crippen LogP contribution in [0.3, 0.4) is 0 Å². The Morgan fingerprint density at radius 3 is 2.55 bits per heavy atom. The van der Waals surface area contributed by atoms with Crippen molar-refractivity contribution in [3.8, 4) is 0 Å². The largest absolute Gasteiger partial charge is 0.381 e. The Hall–Kier alpha value is -1.12. The van der Waals surface area contributed by atoms with Gasteiger partial charge in [0.1, 0.15) is 0 Å². The molecule has 8 heteroatoms. The Morgan fingerprint density at radius 1 is 1.07 bits per heavy atom. The van der Waals surface area contributed by atoms with Gasteiger partial charge >= 0.3 is 0 Å². The Labute approximate surface area is 178 Å². The van der Waals surface area contributed by atoms with E-state index in [1.54, 1.807) is 18.9 Å². The molecule has 0 N–H and O–H groups in total. The van der Waals surface area contributed by atoms with Gasteiger partial charge in [-0.3, -0.25) is 4.79 Å². The molecule has 1 saturated carbocycles. The highest BCUT2D eigenvalue weighted by molar-refractivity contribution is 7.99. The van der Waals surface area contributed by atoms with E-state index in [9.17, 15) is 4.79 Å². The minimum atomic E-state index is 0.0769. The molecule has 3 fully saturated rings. The zero-order valence-electron chi connectivity index (χ0n) is 17.9. The van der Waals surface area contributed by atoms with Gasteiger partial charge in [-0.15, -0.1) is 10.2 Å². The van der Waals surface area contributed by atoms with Crippen molar-refractivity contribution in [2.45, 2.75) is 68.7 Å². The van der Waals surface area contributed by atoms with Gasteiger partial charge < -0.3 is 19.1 Å². The molecular weight excluding hydrogens is 386 g/mol. The number of hydrogen-bond donors (Lipinski definition) is 0. The van der Waals surface area contributed by atoms with E-state index in [-0.39, 0.29) is 12.0 Å². The number of carbonyl (C=O) groups excluding carboxylic acids is 1. The van der Waals surface area contributed by atoms with E-state index in [1.807, 2.05) is 0 Å². The van der Waals surface area contributed by atoms with E-state index >= 15 is 0 Å². The first kappa shape index (κ1) is 21.1. The summed E-state index contributed by atoms with van der Waals surface area (Å²) in [4.78, 5) is 17.8. The number of ether oxygens (including phenoxy) is 1. The second-order valence-corrected chi connectivity index (χ2v) is 9.76. The van der Waals surface area contributed by atoms with Crippen molar-refractivity contribution in [3.63, 3.8) is 0 Å². The first-order valence-electron chi connectivity index (χ1n) is 11.2. The predicted octanol–water partition coefficient (Wildman–Crippen LogP) is 2.87. The molecule has 1 atom stereocenters. The van der Waals surface area contributed by atoms with Crippen LogP contribution < -0.4 is 0 Å². The third kappa shape index (κ3) is 4.80. The van der Waals surface area contributed by atoms with E-state index in [2.05, 4.69) is 31.6 Å². The van der Waals surface area contributed by atoms with Crippen LogP contribution in [0.2, 0.25) is 0 Å². The van der Waals surface area contributed by atoms with Crippen LogP contribution >= 0.6 is 11.8 Å². The maximum absolute atomic E-state index is 13.2. The molecule has 2 saturated heterocycles. The molecule has 4 rings (SSSR count). The number of carbonyl (C=O) groups is 1. The summed E-state index contributed by atoms with van der Waals surface area (Å²) in [5, 5.41) is 9.94. The molecule has 0 radical (unpaired) electrons. The highest BCUT2D eigenvalue weighted by Gasteiger charge is 2.38. The highest BCUT2D eigenvalue weighted by Crippen LogP contribution is 2.36. The monoisotopic (exact) mass is 421 g/mol. The number of amides is 1. The van der Waals surface area contributed by atoms with Crippen LogP contribution in [-0.2, 0) is 16.6 Å². The molecule has 0 spiro atoms. The molecule has 1 amide bonds. The van der Waals surface area contributed by atoms with Crippen LogP contribution in [0.5, 0.6) is 0 Å². The quantitative estimate of drug-likeness (QED) is 0.631. The topological polar surface area (TPSA) is 63.5 Å². The van der Waals surface area contributed by atoms with Gasteiger partial charge in [0.25, 0.3) is 0 Å². The second-order valence-electron chi connectivity index (χ2n) is 8.70. The number of methoxy groups -OCH3 is 1. The van der Waals surface area contributed by atoms with Gasteiger partial charge in [0.05, 0.1) is 12.1 Å². The Kier molecular flexibility index (Phi) is 7.13. The van der Waals surface area contributed by atoms with E-state index in [4.69, 9.17) is 4.74 Å². The molecule has 7 nitrogen and oxygen atoms in total. The van der Waals surface area contributed by atoms with Gasteiger partial charge in [-0.25, -0.2) is 0 Å². The number of aromatic nitrogens is 3. The standard InChI is InChI=1S/C21H35N5O2S/c1-24-19(22-23-21(24)29-15-14-25-11-3-4-12-25)18-6-5-13-26(18)20(27)16-7-9-17(28-2)10-8-16/h16-18H,3-15H2,1-2H3. The van der Waals surface area contributed by atoms with Gasteiger partial charge in [0.2, 0.25) is 5.91 Å². The summed E-state index contributed by atoms with van der Waals surface area (Å²) in [6.07, 6.45) is 8.90. The predicted molar refractivity (Wildman–Crippen MR) is 114 cm³/mol. The van der Waals surface area contributed by atoms with Gasteiger partial charge in [-0.05, 0) is 64.5 Å². The van der Waals surface area contributed by atoms with Crippen molar-refractivity contribution in [2.24, 2.45) is 13.0 Å². The lowest BCUT2D eigenvalue weighted by Gasteiger charge is -2.32. The van der Waals surface area contributed by atoms with Crippen LogP contribution in [0.4, 0.5) is 0 Å². The fraction of sp³-hybridized carbons (Fsp3) is 0.857. The maximum atomic E-state index is 13.2. The number of rotatable bonds is 7.